The molecular formula is C24H29N3O. The highest BCUT2D eigenvalue weighted by Gasteiger charge is 2.30. The maximum Gasteiger partial charge on any atom is 0.253 e. The van der Waals surface area contributed by atoms with Gasteiger partial charge in [0.25, 0.3) is 5.91 Å². The Kier molecular flexibility index (Phi) is 4.11. The summed E-state index contributed by atoms with van der Waals surface area (Å²) < 4.78 is 0. The van der Waals surface area contributed by atoms with Crippen molar-refractivity contribution >= 4 is 22.4 Å². The van der Waals surface area contributed by atoms with Crippen molar-refractivity contribution in [2.45, 2.75) is 46.0 Å². The van der Waals surface area contributed by atoms with Crippen LogP contribution < -0.4 is 5.32 Å². The van der Waals surface area contributed by atoms with Gasteiger partial charge < -0.3 is 15.2 Å². The quantitative estimate of drug-likeness (QED) is 0.788. The van der Waals surface area contributed by atoms with Gasteiger partial charge in [-0.3, -0.25) is 4.79 Å². The number of hydrogen-bond donors (Lipinski definition) is 2. The number of hydrogen-bond acceptors (Lipinski definition) is 2. The summed E-state index contributed by atoms with van der Waals surface area (Å²) in [6.45, 7) is 7.39. The Hall–Kier alpha value is -2.49. The molecule has 0 radical (unpaired) electrons. The van der Waals surface area contributed by atoms with Crippen molar-refractivity contribution in [3.05, 3.63) is 52.9 Å². The monoisotopic (exact) mass is 375 g/mol. The number of nitrogens with one attached hydrogen (secondary N) is 2. The van der Waals surface area contributed by atoms with Gasteiger partial charge in [0, 0.05) is 53.1 Å². The van der Waals surface area contributed by atoms with Gasteiger partial charge >= 0.3 is 0 Å². The topological polar surface area (TPSA) is 48.1 Å². The molecule has 0 bridgehead atoms. The average Bonchev–Trinajstić information content (AvgIpc) is 3.35. The van der Waals surface area contributed by atoms with Crippen LogP contribution in [0, 0.1) is 5.41 Å². The van der Waals surface area contributed by atoms with E-state index in [1.807, 2.05) is 11.0 Å². The van der Waals surface area contributed by atoms with E-state index in [1.165, 1.54) is 29.0 Å². The van der Waals surface area contributed by atoms with E-state index < -0.39 is 0 Å². The SMILES string of the molecule is CC1(C)CCC2=C(C1)NCC=C2c1cc2cc(C(=O)N3CCCC3)ccc2[nH]1. The number of likely N-dealkylation sites (tertiary alicyclic amines) is 1. The van der Waals surface area contributed by atoms with E-state index in [1.54, 1.807) is 0 Å². The van der Waals surface area contributed by atoms with E-state index in [2.05, 4.69) is 48.4 Å². The summed E-state index contributed by atoms with van der Waals surface area (Å²) in [7, 11) is 0. The number of allylic oxidation sites excluding steroid dienone is 3. The molecule has 1 saturated heterocycles. The average molecular weight is 376 g/mol. The number of carbonyl (C=O) groups excluding carboxylic acids is 1. The molecule has 3 aliphatic rings. The van der Waals surface area contributed by atoms with Gasteiger partial charge in [-0.25, -0.2) is 0 Å². The predicted octanol–water partition coefficient (Wildman–Crippen LogP) is 4.85. The number of H-pyrrole nitrogens is 1. The molecular weight excluding hydrogens is 346 g/mol. The van der Waals surface area contributed by atoms with E-state index in [-0.39, 0.29) is 5.91 Å². The van der Waals surface area contributed by atoms with E-state index in [4.69, 9.17) is 0 Å². The molecule has 146 valence electrons. The number of amides is 1. The van der Waals surface area contributed by atoms with Crippen LogP contribution in [0.4, 0.5) is 0 Å². The standard InChI is InChI=1S/C24H29N3O/c1-24(2)9-7-18-19(8-10-25-22(18)15-24)21-14-17-13-16(5-6-20(17)26-21)23(28)27-11-3-4-12-27/h5-6,8,13-14,25-26H,3-4,7,9-12,15H2,1-2H3. The zero-order valence-corrected chi connectivity index (χ0v) is 16.9. The zero-order valence-electron chi connectivity index (χ0n) is 16.9. The second kappa shape index (κ2) is 6.54. The molecule has 2 aromatic rings. The van der Waals surface area contributed by atoms with Crippen LogP contribution in [0.25, 0.3) is 16.5 Å². The maximum absolute atomic E-state index is 12.7. The van der Waals surface area contributed by atoms with Crippen LogP contribution in [-0.2, 0) is 0 Å². The van der Waals surface area contributed by atoms with Crippen molar-refractivity contribution in [2.75, 3.05) is 19.6 Å². The molecule has 2 N–H and O–H groups in total. The first-order valence-electron chi connectivity index (χ1n) is 10.6. The van der Waals surface area contributed by atoms with Crippen molar-refractivity contribution in [3.8, 4) is 0 Å². The molecule has 1 aliphatic carbocycles. The summed E-state index contributed by atoms with van der Waals surface area (Å²) in [6, 6.07) is 8.30. The Bertz CT molecular complexity index is 1000. The molecule has 4 heteroatoms. The lowest BCUT2D eigenvalue weighted by Crippen LogP contribution is -2.29. The lowest BCUT2D eigenvalue weighted by molar-refractivity contribution is 0.0793. The lowest BCUT2D eigenvalue weighted by Gasteiger charge is -2.36. The van der Waals surface area contributed by atoms with Crippen molar-refractivity contribution in [1.82, 2.24) is 15.2 Å². The van der Waals surface area contributed by atoms with Crippen LogP contribution in [0.2, 0.25) is 0 Å². The molecule has 0 atom stereocenters. The minimum absolute atomic E-state index is 0.169. The van der Waals surface area contributed by atoms with Crippen LogP contribution in [-0.4, -0.2) is 35.4 Å². The Morgan fingerprint density at radius 1 is 1.14 bits per heavy atom. The van der Waals surface area contributed by atoms with Crippen LogP contribution in [0.3, 0.4) is 0 Å². The number of fused-ring (bicyclic) bond motifs is 1. The number of benzene rings is 1. The second-order valence-electron chi connectivity index (χ2n) is 9.28. The van der Waals surface area contributed by atoms with E-state index in [9.17, 15) is 4.79 Å². The number of dihydropyridines is 1. The van der Waals surface area contributed by atoms with E-state index >= 15 is 0 Å². The van der Waals surface area contributed by atoms with Gasteiger partial charge in [-0.15, -0.1) is 0 Å². The highest BCUT2D eigenvalue weighted by Crippen LogP contribution is 2.43. The molecule has 1 amide bonds. The molecule has 3 heterocycles. The smallest absolute Gasteiger partial charge is 0.253 e. The summed E-state index contributed by atoms with van der Waals surface area (Å²) in [5, 5.41) is 4.73. The fraction of sp³-hybridized carbons (Fsp3) is 0.458. The van der Waals surface area contributed by atoms with Gasteiger partial charge in [0.1, 0.15) is 0 Å². The molecule has 28 heavy (non-hydrogen) atoms. The predicted molar refractivity (Wildman–Crippen MR) is 114 cm³/mol. The van der Waals surface area contributed by atoms with Gasteiger partial charge in [0.05, 0.1) is 0 Å². The van der Waals surface area contributed by atoms with Gasteiger partial charge in [-0.2, -0.15) is 0 Å². The number of rotatable bonds is 2. The van der Waals surface area contributed by atoms with E-state index in [0.29, 0.717) is 5.41 Å². The van der Waals surface area contributed by atoms with Crippen molar-refractivity contribution in [1.29, 1.82) is 0 Å². The van der Waals surface area contributed by atoms with Crippen molar-refractivity contribution in [3.63, 3.8) is 0 Å². The minimum atomic E-state index is 0.169. The van der Waals surface area contributed by atoms with Crippen LogP contribution >= 0.6 is 0 Å². The Morgan fingerprint density at radius 2 is 1.96 bits per heavy atom. The minimum Gasteiger partial charge on any atom is -0.385 e. The maximum atomic E-state index is 12.7. The molecule has 1 aromatic heterocycles. The lowest BCUT2D eigenvalue weighted by atomic mass is 9.74. The first kappa shape index (κ1) is 17.6. The Balaban J connectivity index is 1.47. The largest absolute Gasteiger partial charge is 0.385 e. The summed E-state index contributed by atoms with van der Waals surface area (Å²) in [5.41, 5.74) is 7.67. The third kappa shape index (κ3) is 3.05. The molecule has 2 aliphatic heterocycles. The summed E-state index contributed by atoms with van der Waals surface area (Å²) >= 11 is 0. The molecule has 0 unspecified atom stereocenters. The zero-order chi connectivity index (χ0) is 19.3. The fourth-order valence-electron chi connectivity index (χ4n) is 4.94. The fourth-order valence-corrected chi connectivity index (χ4v) is 4.94. The Labute approximate surface area is 166 Å². The van der Waals surface area contributed by atoms with Gasteiger partial charge in [0.2, 0.25) is 0 Å². The number of nitrogens with zero attached hydrogens (tertiary/aromatic N) is 1. The number of aromatic nitrogens is 1. The molecule has 5 rings (SSSR count). The Morgan fingerprint density at radius 3 is 2.79 bits per heavy atom. The highest BCUT2D eigenvalue weighted by molar-refractivity contribution is 5.99. The second-order valence-corrected chi connectivity index (χ2v) is 9.28. The third-order valence-corrected chi connectivity index (χ3v) is 6.57. The molecule has 1 aromatic carbocycles. The molecule has 0 saturated carbocycles. The highest BCUT2D eigenvalue weighted by atomic mass is 16.2. The third-order valence-electron chi connectivity index (χ3n) is 6.57. The van der Waals surface area contributed by atoms with Gasteiger partial charge in [0.15, 0.2) is 0 Å². The van der Waals surface area contributed by atoms with Gasteiger partial charge in [-0.1, -0.05) is 19.9 Å². The van der Waals surface area contributed by atoms with Crippen LogP contribution in [0.5, 0.6) is 0 Å². The van der Waals surface area contributed by atoms with Crippen molar-refractivity contribution in [2.24, 2.45) is 5.41 Å². The van der Waals surface area contributed by atoms with E-state index in [0.717, 1.165) is 61.8 Å². The summed E-state index contributed by atoms with van der Waals surface area (Å²) in [4.78, 5) is 18.3. The molecule has 4 nitrogen and oxygen atoms in total. The summed E-state index contributed by atoms with van der Waals surface area (Å²) in [6.07, 6.45) is 8.01. The molecule has 1 fully saturated rings. The van der Waals surface area contributed by atoms with Crippen molar-refractivity contribution < 1.29 is 4.79 Å². The normalized spacial score (nSPS) is 21.5. The first-order chi connectivity index (χ1) is 13.5. The molecule has 0 spiro atoms. The van der Waals surface area contributed by atoms with Crippen LogP contribution in [0.1, 0.15) is 62.0 Å². The van der Waals surface area contributed by atoms with Crippen LogP contribution in [0.15, 0.2) is 41.6 Å². The summed E-state index contributed by atoms with van der Waals surface area (Å²) in [5.74, 6) is 0.169. The number of aromatic amines is 1. The first-order valence-corrected chi connectivity index (χ1v) is 10.6. The number of carbonyl (C=O) groups is 1. The van der Waals surface area contributed by atoms with Gasteiger partial charge in [-0.05, 0) is 67.4 Å².